The number of hydrogen-bond donors (Lipinski definition) is 0. The molecule has 2 aromatic carbocycles. The lowest BCUT2D eigenvalue weighted by molar-refractivity contribution is 0.0984. The number of hydrogen-bond acceptors (Lipinski definition) is 9. The smallest absolute Gasteiger partial charge is 0.260 e. The van der Waals surface area contributed by atoms with Crippen LogP contribution in [0.15, 0.2) is 35.2 Å². The Balaban J connectivity index is 0.00000408. The number of methoxy groups -OCH3 is 3. The average Bonchev–Trinajstić information content (AvgIpc) is 3.20. The van der Waals surface area contributed by atoms with Gasteiger partial charge in [-0.2, -0.15) is 0 Å². The summed E-state index contributed by atoms with van der Waals surface area (Å²) in [6.45, 7) is 0.974. The molecule has 3 aromatic rings. The fourth-order valence-corrected chi connectivity index (χ4v) is 4.93. The first kappa shape index (κ1) is 27.6. The van der Waals surface area contributed by atoms with Crippen LogP contribution in [0.5, 0.6) is 17.2 Å². The van der Waals surface area contributed by atoms with Crippen molar-refractivity contribution in [2.24, 2.45) is 0 Å². The average molecular weight is 530 g/mol. The monoisotopic (exact) mass is 529 g/mol. The number of nitrogens with zero attached hydrogens (tertiary/aromatic N) is 3. The van der Waals surface area contributed by atoms with Crippen molar-refractivity contribution in [2.75, 3.05) is 59.7 Å². The Morgan fingerprint density at radius 1 is 1.00 bits per heavy atom. The number of benzene rings is 2. The number of carbonyl (C=O) groups excluding carboxylic acids is 1. The van der Waals surface area contributed by atoms with Crippen molar-refractivity contribution in [3.05, 3.63) is 35.9 Å². The predicted molar refractivity (Wildman–Crippen MR) is 136 cm³/mol. The van der Waals surface area contributed by atoms with Crippen LogP contribution in [0.1, 0.15) is 10.4 Å². The van der Waals surface area contributed by atoms with E-state index >= 15 is 0 Å². The number of likely N-dealkylation sites (N-methyl/N-ethyl adjacent to an activating group) is 1. The first-order valence-electron chi connectivity index (χ1n) is 9.96. The van der Waals surface area contributed by atoms with E-state index in [2.05, 4.69) is 4.98 Å². The Kier molecular flexibility index (Phi) is 9.12. The van der Waals surface area contributed by atoms with E-state index in [4.69, 9.17) is 14.2 Å². The standard InChI is InChI=1S/C22H27N3O6S2.ClH/c1-24(2)9-10-25(21(26)14-11-17(29-3)20(31-5)18(12-14)30-4)22-23-16-8-7-15(33(6,27)28)13-19(16)32-22;/h7-8,11-13H,9-10H2,1-6H3;1H. The zero-order chi connectivity index (χ0) is 24.3. The molecule has 0 bridgehead atoms. The second-order valence-corrected chi connectivity index (χ2v) is 10.6. The third-order valence-corrected chi connectivity index (χ3v) is 7.09. The van der Waals surface area contributed by atoms with Gasteiger partial charge in [-0.3, -0.25) is 9.69 Å². The first-order valence-corrected chi connectivity index (χ1v) is 12.7. The zero-order valence-corrected chi connectivity index (χ0v) is 22.3. The quantitative estimate of drug-likeness (QED) is 0.416. The Hall–Kier alpha value is -2.60. The molecule has 0 N–H and O–H groups in total. The summed E-state index contributed by atoms with van der Waals surface area (Å²) in [6, 6.07) is 7.95. The molecule has 0 spiro atoms. The van der Waals surface area contributed by atoms with Gasteiger partial charge in [-0.25, -0.2) is 13.4 Å². The molecular weight excluding hydrogens is 502 g/mol. The highest BCUT2D eigenvalue weighted by atomic mass is 35.5. The van der Waals surface area contributed by atoms with Crippen LogP contribution < -0.4 is 19.1 Å². The summed E-state index contributed by atoms with van der Waals surface area (Å²) < 4.78 is 40.7. The molecule has 0 aliphatic carbocycles. The van der Waals surface area contributed by atoms with Crippen molar-refractivity contribution in [2.45, 2.75) is 4.90 Å². The fraction of sp³-hybridized carbons (Fsp3) is 0.364. The summed E-state index contributed by atoms with van der Waals surface area (Å²) in [5.41, 5.74) is 0.967. The van der Waals surface area contributed by atoms with Crippen LogP contribution in [0.4, 0.5) is 5.13 Å². The van der Waals surface area contributed by atoms with Crippen LogP contribution in [0, 0.1) is 0 Å². The third-order valence-electron chi connectivity index (χ3n) is 4.94. The first-order chi connectivity index (χ1) is 15.6. The zero-order valence-electron chi connectivity index (χ0n) is 19.8. The lowest BCUT2D eigenvalue weighted by atomic mass is 10.1. The Morgan fingerprint density at radius 3 is 2.12 bits per heavy atom. The predicted octanol–water partition coefficient (Wildman–Crippen LogP) is 3.36. The van der Waals surface area contributed by atoms with E-state index in [9.17, 15) is 13.2 Å². The molecule has 0 radical (unpaired) electrons. The van der Waals surface area contributed by atoms with Gasteiger partial charge in [-0.05, 0) is 44.4 Å². The lowest BCUT2D eigenvalue weighted by Crippen LogP contribution is -2.36. The van der Waals surface area contributed by atoms with Crippen molar-refractivity contribution in [3.8, 4) is 17.2 Å². The molecule has 9 nitrogen and oxygen atoms in total. The molecule has 0 atom stereocenters. The van der Waals surface area contributed by atoms with Crippen molar-refractivity contribution < 1.29 is 27.4 Å². The molecule has 12 heteroatoms. The third kappa shape index (κ3) is 5.90. The molecule has 0 saturated carbocycles. The van der Waals surface area contributed by atoms with E-state index in [1.165, 1.54) is 38.7 Å². The summed E-state index contributed by atoms with van der Waals surface area (Å²) in [6.07, 6.45) is 1.16. The maximum absolute atomic E-state index is 13.6. The highest BCUT2D eigenvalue weighted by molar-refractivity contribution is 7.90. The van der Waals surface area contributed by atoms with Crippen molar-refractivity contribution >= 4 is 54.8 Å². The number of anilines is 1. The maximum atomic E-state index is 13.6. The topological polar surface area (TPSA) is 98.3 Å². The second-order valence-electron chi connectivity index (χ2n) is 7.57. The van der Waals surface area contributed by atoms with Crippen LogP contribution >= 0.6 is 23.7 Å². The van der Waals surface area contributed by atoms with E-state index in [0.29, 0.717) is 51.2 Å². The van der Waals surface area contributed by atoms with Crippen LogP contribution in [0.3, 0.4) is 0 Å². The Morgan fingerprint density at radius 2 is 1.62 bits per heavy atom. The largest absolute Gasteiger partial charge is 0.493 e. The van der Waals surface area contributed by atoms with Gasteiger partial charge in [0, 0.05) is 24.9 Å². The Bertz CT molecular complexity index is 1250. The number of rotatable bonds is 9. The molecule has 0 aliphatic heterocycles. The molecule has 3 rings (SSSR count). The molecule has 0 unspecified atom stereocenters. The molecule has 186 valence electrons. The van der Waals surface area contributed by atoms with E-state index in [-0.39, 0.29) is 23.2 Å². The summed E-state index contributed by atoms with van der Waals surface area (Å²) in [5, 5.41) is 0.469. The van der Waals surface area contributed by atoms with Gasteiger partial charge >= 0.3 is 0 Å². The number of ether oxygens (including phenoxy) is 3. The molecule has 1 aromatic heterocycles. The summed E-state index contributed by atoms with van der Waals surface area (Å²) >= 11 is 1.26. The fourth-order valence-electron chi connectivity index (χ4n) is 3.18. The molecule has 34 heavy (non-hydrogen) atoms. The van der Waals surface area contributed by atoms with Crippen LogP contribution in [-0.4, -0.2) is 79.0 Å². The van der Waals surface area contributed by atoms with Crippen LogP contribution in [-0.2, 0) is 9.84 Å². The molecule has 0 fully saturated rings. The number of amides is 1. The maximum Gasteiger partial charge on any atom is 0.260 e. The van der Waals surface area contributed by atoms with Crippen molar-refractivity contribution in [3.63, 3.8) is 0 Å². The minimum Gasteiger partial charge on any atom is -0.493 e. The normalized spacial score (nSPS) is 11.3. The Labute approximate surface area is 209 Å². The summed E-state index contributed by atoms with van der Waals surface area (Å²) in [7, 11) is 4.95. The van der Waals surface area contributed by atoms with Crippen LogP contribution in [0.25, 0.3) is 10.2 Å². The molecule has 0 saturated heterocycles. The van der Waals surface area contributed by atoms with Gasteiger partial charge < -0.3 is 19.1 Å². The van der Waals surface area contributed by atoms with Gasteiger partial charge in [0.15, 0.2) is 26.5 Å². The number of aromatic nitrogens is 1. The number of fused-ring (bicyclic) bond motifs is 1. The summed E-state index contributed by atoms with van der Waals surface area (Å²) in [4.78, 5) is 22.0. The van der Waals surface area contributed by atoms with E-state index in [0.717, 1.165) is 6.26 Å². The van der Waals surface area contributed by atoms with Gasteiger partial charge in [-0.15, -0.1) is 12.4 Å². The minimum atomic E-state index is -3.36. The highest BCUT2D eigenvalue weighted by Gasteiger charge is 2.25. The summed E-state index contributed by atoms with van der Waals surface area (Å²) in [5.74, 6) is 0.841. The molecule has 1 heterocycles. The van der Waals surface area contributed by atoms with Gasteiger partial charge in [0.2, 0.25) is 5.75 Å². The second kappa shape index (κ2) is 11.2. The van der Waals surface area contributed by atoms with Gasteiger partial charge in [-0.1, -0.05) is 11.3 Å². The van der Waals surface area contributed by atoms with Gasteiger partial charge in [0.25, 0.3) is 5.91 Å². The minimum absolute atomic E-state index is 0. The van der Waals surface area contributed by atoms with E-state index in [1.54, 1.807) is 29.2 Å². The van der Waals surface area contributed by atoms with E-state index in [1.807, 2.05) is 19.0 Å². The van der Waals surface area contributed by atoms with Gasteiger partial charge in [0.05, 0.1) is 36.4 Å². The number of thiazole rings is 1. The number of carbonyl (C=O) groups is 1. The van der Waals surface area contributed by atoms with Crippen molar-refractivity contribution in [1.82, 2.24) is 9.88 Å². The van der Waals surface area contributed by atoms with Crippen molar-refractivity contribution in [1.29, 1.82) is 0 Å². The molecule has 0 aliphatic rings. The van der Waals surface area contributed by atoms with Crippen LogP contribution in [0.2, 0.25) is 0 Å². The highest BCUT2D eigenvalue weighted by Crippen LogP contribution is 2.39. The number of halogens is 1. The van der Waals surface area contributed by atoms with E-state index < -0.39 is 9.84 Å². The number of sulfone groups is 1. The molecule has 1 amide bonds. The SMILES string of the molecule is COc1cc(C(=O)N(CCN(C)C)c2nc3ccc(S(C)(=O)=O)cc3s2)cc(OC)c1OC.Cl. The van der Waals surface area contributed by atoms with Gasteiger partial charge in [0.1, 0.15) is 0 Å². The molecular formula is C22H28ClN3O6S2. The lowest BCUT2D eigenvalue weighted by Gasteiger charge is -2.23.